The van der Waals surface area contributed by atoms with Crippen molar-refractivity contribution >= 4 is 16.9 Å². The van der Waals surface area contributed by atoms with Crippen LogP contribution in [0, 0.1) is 0 Å². The number of rotatable bonds is 1. The molecule has 0 spiro atoms. The van der Waals surface area contributed by atoms with Gasteiger partial charge in [0.05, 0.1) is 5.52 Å². The first-order valence-corrected chi connectivity index (χ1v) is 6.13. The standard InChI is InChI=1S/C8H6N2O2.C7H6O/c11-8(12)7-5-3-1-2-4-6(5)9-10-7;1-2-4-7-6(3-1)5-8-7/h1-4H,(H,9,10)(H,11,12);1-4H,5H2. The summed E-state index contributed by atoms with van der Waals surface area (Å²) in [5.74, 6) is 0.0416. The van der Waals surface area contributed by atoms with Crippen LogP contribution < -0.4 is 4.74 Å². The average Bonchev–Trinajstić information content (AvgIpc) is 2.85. The van der Waals surface area contributed by atoms with E-state index in [1.54, 1.807) is 18.2 Å². The van der Waals surface area contributed by atoms with Crippen molar-refractivity contribution < 1.29 is 14.6 Å². The maximum Gasteiger partial charge on any atom is 0.357 e. The van der Waals surface area contributed by atoms with Crippen molar-refractivity contribution in [2.75, 3.05) is 0 Å². The van der Waals surface area contributed by atoms with Gasteiger partial charge in [-0.15, -0.1) is 0 Å². The molecule has 100 valence electrons. The number of nitrogens with zero attached hydrogens (tertiary/aromatic N) is 1. The molecule has 2 aromatic carbocycles. The fraction of sp³-hybridized carbons (Fsp3) is 0.0667. The lowest BCUT2D eigenvalue weighted by molar-refractivity contribution is 0.0692. The third-order valence-electron chi connectivity index (χ3n) is 3.03. The van der Waals surface area contributed by atoms with Gasteiger partial charge in [0.1, 0.15) is 12.4 Å². The quantitative estimate of drug-likeness (QED) is 0.711. The van der Waals surface area contributed by atoms with E-state index in [9.17, 15) is 4.79 Å². The van der Waals surface area contributed by atoms with Crippen LogP contribution in [0.4, 0.5) is 0 Å². The number of aromatic nitrogens is 2. The highest BCUT2D eigenvalue weighted by Crippen LogP contribution is 2.27. The summed E-state index contributed by atoms with van der Waals surface area (Å²) < 4.78 is 5.08. The first kappa shape index (κ1) is 12.2. The molecule has 0 radical (unpaired) electrons. The number of aromatic amines is 1. The van der Waals surface area contributed by atoms with Gasteiger partial charge in [-0.2, -0.15) is 5.10 Å². The molecule has 2 heterocycles. The second-order valence-electron chi connectivity index (χ2n) is 4.32. The summed E-state index contributed by atoms with van der Waals surface area (Å²) >= 11 is 0. The van der Waals surface area contributed by atoms with E-state index in [-0.39, 0.29) is 5.69 Å². The molecule has 0 amide bonds. The summed E-state index contributed by atoms with van der Waals surface area (Å²) in [5.41, 5.74) is 2.15. The molecule has 5 nitrogen and oxygen atoms in total. The van der Waals surface area contributed by atoms with Gasteiger partial charge in [0.2, 0.25) is 0 Å². The summed E-state index contributed by atoms with van der Waals surface area (Å²) in [5, 5.41) is 15.6. The van der Waals surface area contributed by atoms with Crippen LogP contribution in [0.25, 0.3) is 10.9 Å². The van der Waals surface area contributed by atoms with E-state index in [2.05, 4.69) is 16.3 Å². The van der Waals surface area contributed by atoms with Gasteiger partial charge in [0, 0.05) is 10.9 Å². The summed E-state index contributed by atoms with van der Waals surface area (Å²) in [6, 6.07) is 15.2. The molecule has 5 heteroatoms. The number of fused-ring (bicyclic) bond motifs is 2. The highest BCUT2D eigenvalue weighted by Gasteiger charge is 2.11. The summed E-state index contributed by atoms with van der Waals surface area (Å²) in [7, 11) is 0. The van der Waals surface area contributed by atoms with Crippen LogP contribution in [0.1, 0.15) is 16.1 Å². The van der Waals surface area contributed by atoms with Crippen LogP contribution in [0.3, 0.4) is 0 Å². The molecule has 0 bridgehead atoms. The number of carbonyl (C=O) groups is 1. The number of carboxylic acid groups (broad SMARTS) is 1. The molecule has 1 aliphatic heterocycles. The maximum atomic E-state index is 10.6. The van der Waals surface area contributed by atoms with Gasteiger partial charge in [-0.05, 0) is 12.1 Å². The number of para-hydroxylation sites is 2. The Morgan fingerprint density at radius 1 is 1.15 bits per heavy atom. The SMILES string of the molecule is O=C(O)c1n[nH]c2ccccc12.c1ccc2c(c1)CO2. The monoisotopic (exact) mass is 268 g/mol. The zero-order chi connectivity index (χ0) is 13.9. The van der Waals surface area contributed by atoms with Gasteiger partial charge in [-0.3, -0.25) is 5.10 Å². The lowest BCUT2D eigenvalue weighted by atomic mass is 10.1. The zero-order valence-corrected chi connectivity index (χ0v) is 10.5. The second-order valence-corrected chi connectivity index (χ2v) is 4.32. The Bertz CT molecular complexity index is 741. The van der Waals surface area contributed by atoms with Crippen LogP contribution in [-0.2, 0) is 6.61 Å². The van der Waals surface area contributed by atoms with Crippen molar-refractivity contribution in [3.05, 3.63) is 59.8 Å². The number of H-pyrrole nitrogens is 1. The predicted octanol–water partition coefficient (Wildman–Crippen LogP) is 2.84. The maximum absolute atomic E-state index is 10.6. The first-order valence-electron chi connectivity index (χ1n) is 6.13. The van der Waals surface area contributed by atoms with E-state index >= 15 is 0 Å². The molecule has 2 N–H and O–H groups in total. The Labute approximate surface area is 114 Å². The Kier molecular flexibility index (Phi) is 3.09. The molecule has 0 saturated carbocycles. The van der Waals surface area contributed by atoms with Crippen molar-refractivity contribution in [2.24, 2.45) is 0 Å². The predicted molar refractivity (Wildman–Crippen MR) is 73.8 cm³/mol. The highest BCUT2D eigenvalue weighted by atomic mass is 16.5. The third-order valence-corrected chi connectivity index (χ3v) is 3.03. The molecule has 1 aliphatic rings. The number of hydrogen-bond donors (Lipinski definition) is 2. The van der Waals surface area contributed by atoms with Gasteiger partial charge in [-0.25, -0.2) is 4.79 Å². The molecule has 20 heavy (non-hydrogen) atoms. The van der Waals surface area contributed by atoms with Crippen LogP contribution >= 0.6 is 0 Å². The van der Waals surface area contributed by atoms with Gasteiger partial charge >= 0.3 is 5.97 Å². The highest BCUT2D eigenvalue weighted by molar-refractivity contribution is 6.00. The number of ether oxygens (including phenoxy) is 1. The van der Waals surface area contributed by atoms with Crippen LogP contribution in [0.2, 0.25) is 0 Å². The van der Waals surface area contributed by atoms with Crippen molar-refractivity contribution in [2.45, 2.75) is 6.61 Å². The minimum absolute atomic E-state index is 0.0746. The Morgan fingerprint density at radius 3 is 2.50 bits per heavy atom. The molecule has 3 aromatic rings. The van der Waals surface area contributed by atoms with E-state index in [1.165, 1.54) is 5.56 Å². The second kappa shape index (κ2) is 5.05. The molecular formula is C15H12N2O3. The van der Waals surface area contributed by atoms with Crippen molar-refractivity contribution in [1.29, 1.82) is 0 Å². The van der Waals surface area contributed by atoms with Crippen LogP contribution in [0.15, 0.2) is 48.5 Å². The van der Waals surface area contributed by atoms with Gasteiger partial charge in [-0.1, -0.05) is 36.4 Å². The smallest absolute Gasteiger partial charge is 0.357 e. The van der Waals surface area contributed by atoms with E-state index in [0.717, 1.165) is 17.9 Å². The van der Waals surface area contributed by atoms with Gasteiger partial charge in [0.25, 0.3) is 0 Å². The molecular weight excluding hydrogens is 256 g/mol. The van der Waals surface area contributed by atoms with Crippen molar-refractivity contribution in [3.8, 4) is 5.75 Å². The number of carboxylic acids is 1. The van der Waals surface area contributed by atoms with E-state index in [0.29, 0.717) is 5.39 Å². The van der Waals surface area contributed by atoms with Crippen molar-refractivity contribution in [3.63, 3.8) is 0 Å². The Hall–Kier alpha value is -2.82. The number of hydrogen-bond acceptors (Lipinski definition) is 3. The number of aromatic carboxylic acids is 1. The fourth-order valence-corrected chi connectivity index (χ4v) is 1.97. The molecule has 1 aromatic heterocycles. The third kappa shape index (κ3) is 2.21. The van der Waals surface area contributed by atoms with E-state index in [4.69, 9.17) is 9.84 Å². The van der Waals surface area contributed by atoms with Crippen LogP contribution in [0.5, 0.6) is 5.75 Å². The zero-order valence-electron chi connectivity index (χ0n) is 10.5. The molecule has 0 atom stereocenters. The molecule has 0 unspecified atom stereocenters. The van der Waals surface area contributed by atoms with Gasteiger partial charge in [0.15, 0.2) is 5.69 Å². The normalized spacial score (nSPS) is 11.6. The topological polar surface area (TPSA) is 75.2 Å². The molecule has 0 fully saturated rings. The van der Waals surface area contributed by atoms with E-state index in [1.807, 2.05) is 24.3 Å². The Balaban J connectivity index is 0.000000131. The minimum atomic E-state index is -1.01. The summed E-state index contributed by atoms with van der Waals surface area (Å²) in [4.78, 5) is 10.6. The number of benzene rings is 2. The average molecular weight is 268 g/mol. The minimum Gasteiger partial charge on any atom is -0.488 e. The van der Waals surface area contributed by atoms with Crippen LogP contribution in [-0.4, -0.2) is 21.3 Å². The summed E-state index contributed by atoms with van der Waals surface area (Å²) in [6.45, 7) is 0.802. The molecule has 0 saturated heterocycles. The fourth-order valence-electron chi connectivity index (χ4n) is 1.97. The van der Waals surface area contributed by atoms with Gasteiger partial charge < -0.3 is 9.84 Å². The number of nitrogens with one attached hydrogen (secondary N) is 1. The Morgan fingerprint density at radius 2 is 1.90 bits per heavy atom. The van der Waals surface area contributed by atoms with Crippen molar-refractivity contribution in [1.82, 2.24) is 10.2 Å². The lowest BCUT2D eigenvalue weighted by Gasteiger charge is -2.18. The molecule has 4 rings (SSSR count). The lowest BCUT2D eigenvalue weighted by Crippen LogP contribution is -2.07. The summed E-state index contributed by atoms with van der Waals surface area (Å²) in [6.07, 6.45) is 0. The van der Waals surface area contributed by atoms with E-state index < -0.39 is 5.97 Å². The molecule has 0 aliphatic carbocycles. The first-order chi connectivity index (χ1) is 9.75. The largest absolute Gasteiger partial charge is 0.488 e.